The van der Waals surface area contributed by atoms with Crippen molar-refractivity contribution in [3.05, 3.63) is 90.3 Å². The van der Waals surface area contributed by atoms with E-state index in [2.05, 4.69) is 10.1 Å². The molecule has 0 unspecified atom stereocenters. The molecule has 0 fully saturated rings. The second-order valence-corrected chi connectivity index (χ2v) is 8.62. The summed E-state index contributed by atoms with van der Waals surface area (Å²) in [5.74, 6) is -3.21. The molecule has 1 aromatic heterocycles. The highest BCUT2D eigenvalue weighted by atomic mass is 32.2. The van der Waals surface area contributed by atoms with Crippen LogP contribution in [0.2, 0.25) is 0 Å². The number of nitro benzene ring substituents is 1. The Morgan fingerprint density at radius 2 is 1.62 bits per heavy atom. The number of hydrogen-bond acceptors (Lipinski definition) is 11. The van der Waals surface area contributed by atoms with Gasteiger partial charge in [-0.1, -0.05) is 35.0 Å². The number of hydrogen-bond donors (Lipinski definition) is 0. The molecule has 0 N–H and O–H groups in total. The van der Waals surface area contributed by atoms with Gasteiger partial charge in [-0.05, 0) is 19.1 Å². The Morgan fingerprint density at radius 3 is 2.19 bits per heavy atom. The van der Waals surface area contributed by atoms with Gasteiger partial charge in [0.05, 0.1) is 9.82 Å². The van der Waals surface area contributed by atoms with Gasteiger partial charge in [0.25, 0.3) is 5.69 Å². The summed E-state index contributed by atoms with van der Waals surface area (Å²) in [7, 11) is -4.55. The van der Waals surface area contributed by atoms with Gasteiger partial charge < -0.3 is 4.52 Å². The van der Waals surface area contributed by atoms with Gasteiger partial charge in [-0.3, -0.25) is 30.3 Å². The van der Waals surface area contributed by atoms with Gasteiger partial charge in [-0.2, -0.15) is 4.98 Å². The van der Waals surface area contributed by atoms with Crippen molar-refractivity contribution in [1.29, 1.82) is 0 Å². The summed E-state index contributed by atoms with van der Waals surface area (Å²) in [5.41, 5.74) is -3.17. The smallest absolute Gasteiger partial charge is 0.322 e. The lowest BCUT2D eigenvalue weighted by Crippen LogP contribution is -2.49. The van der Waals surface area contributed by atoms with Crippen LogP contribution in [0, 0.1) is 37.3 Å². The topological polar surface area (TPSA) is 202 Å². The van der Waals surface area contributed by atoms with Crippen LogP contribution in [0.1, 0.15) is 11.5 Å². The van der Waals surface area contributed by atoms with Gasteiger partial charge in [0.15, 0.2) is 9.84 Å². The summed E-state index contributed by atoms with van der Waals surface area (Å²) in [6.07, 6.45) is 0. The van der Waals surface area contributed by atoms with Crippen molar-refractivity contribution in [3.63, 3.8) is 0 Å². The van der Waals surface area contributed by atoms with Gasteiger partial charge in [0, 0.05) is 17.7 Å². The molecule has 166 valence electrons. The predicted octanol–water partition coefficient (Wildman–Crippen LogP) is 2.13. The van der Waals surface area contributed by atoms with Crippen LogP contribution in [0.5, 0.6) is 0 Å². The molecule has 32 heavy (non-hydrogen) atoms. The van der Waals surface area contributed by atoms with E-state index >= 15 is 0 Å². The Balaban J connectivity index is 2.10. The number of non-ortho nitro benzene ring substituents is 1. The summed E-state index contributed by atoms with van der Waals surface area (Å²) in [4.78, 5) is 34.2. The van der Waals surface area contributed by atoms with E-state index in [9.17, 15) is 38.8 Å². The Labute approximate surface area is 178 Å². The van der Waals surface area contributed by atoms with E-state index in [1.54, 1.807) is 6.92 Å². The molecule has 0 spiro atoms. The molecular formula is C17H13N5O9S. The average molecular weight is 463 g/mol. The van der Waals surface area contributed by atoms with Gasteiger partial charge in [-0.15, -0.1) is 0 Å². The highest BCUT2D eigenvalue weighted by Gasteiger charge is 2.66. The zero-order valence-electron chi connectivity index (χ0n) is 16.1. The molecule has 0 saturated carbocycles. The second kappa shape index (κ2) is 8.10. The van der Waals surface area contributed by atoms with E-state index in [0.717, 1.165) is 24.3 Å². The number of nitrogens with zero attached hydrogens (tertiary/aromatic N) is 5. The van der Waals surface area contributed by atoms with E-state index in [1.165, 1.54) is 24.3 Å². The maximum atomic E-state index is 12.8. The van der Waals surface area contributed by atoms with Crippen LogP contribution in [-0.4, -0.2) is 39.1 Å². The largest absolute Gasteiger partial charge is 0.549 e. The van der Waals surface area contributed by atoms with Crippen LogP contribution in [-0.2, 0) is 15.5 Å². The standard InChI is InChI=1S/C17H13N5O9S/c1-11-5-7-14(8-6-11)32(29,30)10-17(21(25)26,22(27)28)16-18-15(19-31-16)12-3-2-4-13(9-12)20(23)24/h2-9H,10H2,1H3. The molecule has 0 saturated heterocycles. The first-order valence-electron chi connectivity index (χ1n) is 8.65. The normalized spacial score (nSPS) is 11.8. The maximum Gasteiger partial charge on any atom is 0.549 e. The number of rotatable bonds is 8. The monoisotopic (exact) mass is 463 g/mol. The van der Waals surface area contributed by atoms with Crippen LogP contribution in [0.25, 0.3) is 11.4 Å². The van der Waals surface area contributed by atoms with Crippen molar-refractivity contribution >= 4 is 15.5 Å². The molecule has 15 heteroatoms. The molecular weight excluding hydrogens is 450 g/mol. The maximum absolute atomic E-state index is 12.8. The van der Waals surface area contributed by atoms with Crippen molar-refractivity contribution in [1.82, 2.24) is 10.1 Å². The molecule has 0 aliphatic carbocycles. The predicted molar refractivity (Wildman–Crippen MR) is 105 cm³/mol. The van der Waals surface area contributed by atoms with Crippen LogP contribution in [0.3, 0.4) is 0 Å². The molecule has 0 aliphatic rings. The number of sulfone groups is 1. The minimum atomic E-state index is -4.55. The summed E-state index contributed by atoms with van der Waals surface area (Å²) in [5, 5.41) is 38.0. The first-order chi connectivity index (χ1) is 15.0. The lowest BCUT2D eigenvalue weighted by molar-refractivity contribution is -0.807. The van der Waals surface area contributed by atoms with Crippen molar-refractivity contribution in [2.24, 2.45) is 0 Å². The second-order valence-electron chi connectivity index (χ2n) is 6.63. The fraction of sp³-hybridized carbons (Fsp3) is 0.176. The van der Waals surface area contributed by atoms with Gasteiger partial charge in [-0.25, -0.2) is 8.42 Å². The van der Waals surface area contributed by atoms with Crippen LogP contribution in [0.15, 0.2) is 57.9 Å². The summed E-state index contributed by atoms with van der Waals surface area (Å²) in [6, 6.07) is 9.97. The molecule has 3 rings (SSSR count). The molecule has 0 aliphatic heterocycles. The average Bonchev–Trinajstić information content (AvgIpc) is 3.22. The summed E-state index contributed by atoms with van der Waals surface area (Å²) in [6.45, 7) is 1.68. The minimum Gasteiger partial charge on any atom is -0.322 e. The molecule has 0 bridgehead atoms. The molecule has 0 atom stereocenters. The van der Waals surface area contributed by atoms with Crippen LogP contribution >= 0.6 is 0 Å². The van der Waals surface area contributed by atoms with Crippen molar-refractivity contribution in [2.75, 3.05) is 5.75 Å². The van der Waals surface area contributed by atoms with E-state index in [1.807, 2.05) is 0 Å². The number of benzene rings is 2. The van der Waals surface area contributed by atoms with E-state index < -0.39 is 47.7 Å². The fourth-order valence-corrected chi connectivity index (χ4v) is 4.33. The van der Waals surface area contributed by atoms with E-state index in [-0.39, 0.29) is 16.1 Å². The molecule has 2 aromatic carbocycles. The minimum absolute atomic E-state index is 0.0174. The zero-order chi connectivity index (χ0) is 23.7. The summed E-state index contributed by atoms with van der Waals surface area (Å²) < 4.78 is 30.3. The molecule has 1 heterocycles. The van der Waals surface area contributed by atoms with Gasteiger partial charge in [0.1, 0.15) is 9.85 Å². The lowest BCUT2D eigenvalue weighted by Gasteiger charge is -2.13. The highest BCUT2D eigenvalue weighted by molar-refractivity contribution is 7.91. The third-order valence-electron chi connectivity index (χ3n) is 4.46. The Morgan fingerprint density at radius 1 is 1.00 bits per heavy atom. The Hall–Kier alpha value is -4.27. The van der Waals surface area contributed by atoms with Crippen LogP contribution in [0.4, 0.5) is 5.69 Å². The summed E-state index contributed by atoms with van der Waals surface area (Å²) >= 11 is 0. The Bertz CT molecular complexity index is 1300. The number of aromatic nitrogens is 2. The van der Waals surface area contributed by atoms with Gasteiger partial charge in [0.2, 0.25) is 11.6 Å². The van der Waals surface area contributed by atoms with Crippen LogP contribution < -0.4 is 0 Å². The van der Waals surface area contributed by atoms with Crippen molar-refractivity contribution < 1.29 is 27.7 Å². The Kier molecular flexibility index (Phi) is 5.68. The molecule has 0 amide bonds. The number of nitro groups is 3. The third kappa shape index (κ3) is 4.00. The van der Waals surface area contributed by atoms with Gasteiger partial charge >= 0.3 is 11.6 Å². The molecule has 14 nitrogen and oxygen atoms in total. The first kappa shape index (κ1) is 22.4. The van der Waals surface area contributed by atoms with E-state index in [0.29, 0.717) is 5.56 Å². The first-order valence-corrected chi connectivity index (χ1v) is 10.3. The highest BCUT2D eigenvalue weighted by Crippen LogP contribution is 2.31. The lowest BCUT2D eigenvalue weighted by atomic mass is 10.2. The fourth-order valence-electron chi connectivity index (χ4n) is 2.75. The molecule has 0 radical (unpaired) electrons. The SMILES string of the molecule is Cc1ccc(S(=O)(=O)CC(c2nc(-c3cccc([N+](=O)[O-])c3)no2)([N+](=O)[O-])[N+](=O)[O-])cc1. The van der Waals surface area contributed by atoms with Crippen molar-refractivity contribution in [3.8, 4) is 11.4 Å². The quantitative estimate of drug-likeness (QED) is 0.269. The third-order valence-corrected chi connectivity index (χ3v) is 6.23. The van der Waals surface area contributed by atoms with E-state index in [4.69, 9.17) is 4.52 Å². The van der Waals surface area contributed by atoms with Crippen molar-refractivity contribution in [2.45, 2.75) is 17.5 Å². The molecule has 3 aromatic rings. The number of aryl methyl sites for hydroxylation is 1. The zero-order valence-corrected chi connectivity index (χ0v) is 17.0.